The minimum Gasteiger partial charge on any atom is -0.494 e. The average molecular weight is 232 g/mol. The molecular weight excluding hydrogens is 216 g/mol. The molecule has 0 saturated heterocycles. The fourth-order valence-electron chi connectivity index (χ4n) is 1.72. The molecule has 1 aliphatic rings. The van der Waals surface area contributed by atoms with Gasteiger partial charge in [-0.1, -0.05) is 0 Å². The first-order chi connectivity index (χ1) is 8.20. The highest BCUT2D eigenvalue weighted by Crippen LogP contribution is 2.23. The number of benzene rings is 1. The number of hydrogen-bond donors (Lipinski definition) is 0. The summed E-state index contributed by atoms with van der Waals surface area (Å²) in [7, 11) is 0. The van der Waals surface area contributed by atoms with Gasteiger partial charge in [0.05, 0.1) is 12.3 Å². The minimum atomic E-state index is 0.0414. The highest BCUT2D eigenvalue weighted by molar-refractivity contribution is 6.01. The minimum absolute atomic E-state index is 0.0414. The van der Waals surface area contributed by atoms with E-state index < -0.39 is 0 Å². The molecule has 0 unspecified atom stereocenters. The van der Waals surface area contributed by atoms with Crippen LogP contribution in [0.2, 0.25) is 0 Å². The number of ether oxygens (including phenoxy) is 1. The molecule has 2 rings (SSSR count). The Balaban J connectivity index is 2.21. The van der Waals surface area contributed by atoms with Gasteiger partial charge in [-0.15, -0.1) is 0 Å². The number of hydrogen-bond acceptors (Lipinski definition) is 3. The maximum Gasteiger partial charge on any atom is 0.247 e. The maximum atomic E-state index is 11.7. The smallest absolute Gasteiger partial charge is 0.247 e. The van der Waals surface area contributed by atoms with Crippen LogP contribution < -0.4 is 9.75 Å². The molecular formula is C13H16N2O2. The fourth-order valence-corrected chi connectivity index (χ4v) is 1.72. The number of amides is 1. The van der Waals surface area contributed by atoms with Gasteiger partial charge in [-0.05, 0) is 44.5 Å². The Morgan fingerprint density at radius 2 is 2.00 bits per heavy atom. The van der Waals surface area contributed by atoms with Gasteiger partial charge < -0.3 is 4.74 Å². The summed E-state index contributed by atoms with van der Waals surface area (Å²) in [4.78, 5) is 11.7. The van der Waals surface area contributed by atoms with E-state index in [-0.39, 0.29) is 5.91 Å². The monoisotopic (exact) mass is 232 g/mol. The van der Waals surface area contributed by atoms with Crippen molar-refractivity contribution in [3.05, 3.63) is 24.3 Å². The highest BCUT2D eigenvalue weighted by Gasteiger charge is 2.19. The zero-order valence-electron chi connectivity index (χ0n) is 10.1. The fraction of sp³-hybridized carbons (Fsp3) is 0.385. The summed E-state index contributed by atoms with van der Waals surface area (Å²) in [5, 5.41) is 5.74. The van der Waals surface area contributed by atoms with E-state index in [1.165, 1.54) is 5.01 Å². The number of hydrazone groups is 1. The van der Waals surface area contributed by atoms with E-state index >= 15 is 0 Å². The van der Waals surface area contributed by atoms with Crippen molar-refractivity contribution in [3.63, 3.8) is 0 Å². The Hall–Kier alpha value is -1.84. The molecule has 4 heteroatoms. The topological polar surface area (TPSA) is 41.9 Å². The van der Waals surface area contributed by atoms with Crippen LogP contribution in [0.5, 0.6) is 5.75 Å². The molecule has 0 aliphatic carbocycles. The number of rotatable bonds is 3. The van der Waals surface area contributed by atoms with Crippen LogP contribution in [0.1, 0.15) is 26.7 Å². The number of carbonyl (C=O) groups is 1. The molecule has 1 aromatic rings. The maximum absolute atomic E-state index is 11.7. The van der Waals surface area contributed by atoms with Gasteiger partial charge in [-0.25, -0.2) is 5.01 Å². The Morgan fingerprint density at radius 1 is 1.29 bits per heavy atom. The predicted molar refractivity (Wildman–Crippen MR) is 67.4 cm³/mol. The van der Waals surface area contributed by atoms with E-state index in [2.05, 4.69) is 5.10 Å². The van der Waals surface area contributed by atoms with Crippen molar-refractivity contribution in [1.29, 1.82) is 0 Å². The van der Waals surface area contributed by atoms with Crippen LogP contribution in [0.15, 0.2) is 29.4 Å². The molecule has 0 atom stereocenters. The number of nitrogens with zero attached hydrogens (tertiary/aromatic N) is 2. The van der Waals surface area contributed by atoms with Gasteiger partial charge in [0.1, 0.15) is 5.75 Å². The molecule has 1 aromatic carbocycles. The van der Waals surface area contributed by atoms with Crippen molar-refractivity contribution >= 4 is 17.3 Å². The van der Waals surface area contributed by atoms with Crippen LogP contribution in [0.3, 0.4) is 0 Å². The van der Waals surface area contributed by atoms with Crippen LogP contribution in [0, 0.1) is 0 Å². The lowest BCUT2D eigenvalue weighted by Gasteiger charge is -2.22. The molecule has 0 saturated carbocycles. The van der Waals surface area contributed by atoms with Crippen LogP contribution in [0.25, 0.3) is 0 Å². The van der Waals surface area contributed by atoms with Gasteiger partial charge in [0.2, 0.25) is 5.91 Å². The third kappa shape index (κ3) is 2.64. The molecule has 4 nitrogen and oxygen atoms in total. The zero-order valence-corrected chi connectivity index (χ0v) is 10.1. The quantitative estimate of drug-likeness (QED) is 0.803. The standard InChI is InChI=1S/C13H16N2O2/c1-3-17-12-7-5-11(6-8-12)15-13(16)9-4-10(2)14-15/h5-8H,3-4,9H2,1-2H3. The molecule has 17 heavy (non-hydrogen) atoms. The Bertz CT molecular complexity index is 437. The van der Waals surface area contributed by atoms with Crippen LogP contribution >= 0.6 is 0 Å². The predicted octanol–water partition coefficient (Wildman–Crippen LogP) is 2.59. The summed E-state index contributed by atoms with van der Waals surface area (Å²) in [6.07, 6.45) is 1.29. The van der Waals surface area contributed by atoms with Crippen LogP contribution in [-0.2, 0) is 4.79 Å². The first-order valence-electron chi connectivity index (χ1n) is 5.80. The molecule has 0 spiro atoms. The summed E-state index contributed by atoms with van der Waals surface area (Å²) in [5.74, 6) is 0.848. The zero-order chi connectivity index (χ0) is 12.3. The van der Waals surface area contributed by atoms with Crippen molar-refractivity contribution in [2.75, 3.05) is 11.6 Å². The van der Waals surface area contributed by atoms with Crippen LogP contribution in [0.4, 0.5) is 5.69 Å². The van der Waals surface area contributed by atoms with Crippen molar-refractivity contribution < 1.29 is 9.53 Å². The van der Waals surface area contributed by atoms with E-state index in [0.717, 1.165) is 23.6 Å². The molecule has 1 amide bonds. The molecule has 90 valence electrons. The Kier molecular flexibility index (Phi) is 3.42. The van der Waals surface area contributed by atoms with E-state index in [1.54, 1.807) is 0 Å². The summed E-state index contributed by atoms with van der Waals surface area (Å²) >= 11 is 0. The summed E-state index contributed by atoms with van der Waals surface area (Å²) in [5.41, 5.74) is 1.77. The highest BCUT2D eigenvalue weighted by atomic mass is 16.5. The van der Waals surface area contributed by atoms with E-state index in [1.807, 2.05) is 38.1 Å². The summed E-state index contributed by atoms with van der Waals surface area (Å²) < 4.78 is 5.36. The number of anilines is 1. The van der Waals surface area contributed by atoms with E-state index in [9.17, 15) is 4.79 Å². The van der Waals surface area contributed by atoms with Gasteiger partial charge >= 0.3 is 0 Å². The molecule has 0 N–H and O–H groups in total. The lowest BCUT2D eigenvalue weighted by Crippen LogP contribution is -2.30. The SMILES string of the molecule is CCOc1ccc(N2N=C(C)CCC2=O)cc1. The first-order valence-corrected chi connectivity index (χ1v) is 5.80. The number of carbonyl (C=O) groups excluding carboxylic acids is 1. The molecule has 0 radical (unpaired) electrons. The van der Waals surface area contributed by atoms with E-state index in [4.69, 9.17) is 4.74 Å². The second-order valence-electron chi connectivity index (χ2n) is 3.97. The summed E-state index contributed by atoms with van der Waals surface area (Å²) in [6, 6.07) is 7.41. The second-order valence-corrected chi connectivity index (χ2v) is 3.97. The first kappa shape index (κ1) is 11.6. The Morgan fingerprint density at radius 3 is 2.65 bits per heavy atom. The molecule has 0 fully saturated rings. The largest absolute Gasteiger partial charge is 0.494 e. The average Bonchev–Trinajstić information content (AvgIpc) is 2.34. The van der Waals surface area contributed by atoms with Crippen molar-refractivity contribution in [2.45, 2.75) is 26.7 Å². The molecule has 0 bridgehead atoms. The second kappa shape index (κ2) is 4.99. The Labute approximate surface area is 101 Å². The molecule has 1 heterocycles. The van der Waals surface area contributed by atoms with Gasteiger partial charge in [-0.3, -0.25) is 4.79 Å². The molecule has 0 aromatic heterocycles. The van der Waals surface area contributed by atoms with Crippen molar-refractivity contribution in [3.8, 4) is 5.75 Å². The van der Waals surface area contributed by atoms with Crippen molar-refractivity contribution in [2.24, 2.45) is 5.10 Å². The lowest BCUT2D eigenvalue weighted by atomic mass is 10.2. The van der Waals surface area contributed by atoms with Gasteiger partial charge in [-0.2, -0.15) is 5.10 Å². The summed E-state index contributed by atoms with van der Waals surface area (Å²) in [6.45, 7) is 4.52. The normalized spacial score (nSPS) is 15.8. The van der Waals surface area contributed by atoms with Gasteiger partial charge in [0.15, 0.2) is 0 Å². The third-order valence-corrected chi connectivity index (χ3v) is 2.60. The third-order valence-electron chi connectivity index (χ3n) is 2.60. The van der Waals surface area contributed by atoms with Gasteiger partial charge in [0.25, 0.3) is 0 Å². The van der Waals surface area contributed by atoms with Crippen LogP contribution in [-0.4, -0.2) is 18.2 Å². The van der Waals surface area contributed by atoms with Gasteiger partial charge in [0, 0.05) is 12.1 Å². The van der Waals surface area contributed by atoms with E-state index in [0.29, 0.717) is 13.0 Å². The molecule has 1 aliphatic heterocycles. The van der Waals surface area contributed by atoms with Crippen molar-refractivity contribution in [1.82, 2.24) is 0 Å². The lowest BCUT2D eigenvalue weighted by molar-refractivity contribution is -0.118.